The fraction of sp³-hybridized carbons (Fsp3) is 0.438. The molecule has 0 saturated heterocycles. The van der Waals surface area contributed by atoms with Crippen molar-refractivity contribution in [2.45, 2.75) is 38.5 Å². The van der Waals surface area contributed by atoms with Gasteiger partial charge in [-0.1, -0.05) is 48.0 Å². The maximum absolute atomic E-state index is 12.5. The first-order valence-corrected chi connectivity index (χ1v) is 7.83. The van der Waals surface area contributed by atoms with E-state index < -0.39 is 0 Å². The Kier molecular flexibility index (Phi) is 3.74. The van der Waals surface area contributed by atoms with Gasteiger partial charge in [0, 0.05) is 33.6 Å². The normalized spacial score (nSPS) is 16.9. The van der Waals surface area contributed by atoms with Crippen LogP contribution in [0.5, 0.6) is 0 Å². The quantitative estimate of drug-likeness (QED) is 0.786. The van der Waals surface area contributed by atoms with Crippen LogP contribution in [0.1, 0.15) is 48.9 Å². The fourth-order valence-electron chi connectivity index (χ4n) is 3.09. The summed E-state index contributed by atoms with van der Waals surface area (Å²) in [6.07, 6.45) is 8.93. The number of hydrogen-bond acceptors (Lipinski definition) is 1. The second-order valence-corrected chi connectivity index (χ2v) is 6.44. The number of carbonyl (C=O) groups is 1. The summed E-state index contributed by atoms with van der Waals surface area (Å²) in [5.41, 5.74) is 1.89. The van der Waals surface area contributed by atoms with Gasteiger partial charge in [0.25, 0.3) is 0 Å². The van der Waals surface area contributed by atoms with Gasteiger partial charge in [0.2, 0.25) is 0 Å². The van der Waals surface area contributed by atoms with E-state index >= 15 is 0 Å². The fourth-order valence-corrected chi connectivity index (χ4v) is 3.45. The van der Waals surface area contributed by atoms with Crippen LogP contribution < -0.4 is 0 Å². The van der Waals surface area contributed by atoms with Crippen molar-refractivity contribution in [3.63, 3.8) is 0 Å². The van der Waals surface area contributed by atoms with Gasteiger partial charge in [-0.05, 0) is 24.1 Å². The lowest BCUT2D eigenvalue weighted by Gasteiger charge is -2.20. The SMILES string of the molecule is O=C(CC1CCCCC1)c1c[nH]c2ccc(Br)cc12. The Hall–Kier alpha value is -1.09. The van der Waals surface area contributed by atoms with Gasteiger partial charge in [-0.2, -0.15) is 0 Å². The largest absolute Gasteiger partial charge is 0.360 e. The van der Waals surface area contributed by atoms with Crippen LogP contribution in [0.15, 0.2) is 28.9 Å². The molecule has 1 N–H and O–H groups in total. The molecule has 100 valence electrons. The molecular formula is C16H18BrNO. The molecule has 19 heavy (non-hydrogen) atoms. The molecule has 3 heteroatoms. The summed E-state index contributed by atoms with van der Waals surface area (Å²) in [5, 5.41) is 1.04. The number of nitrogens with one attached hydrogen (secondary N) is 1. The van der Waals surface area contributed by atoms with E-state index in [4.69, 9.17) is 0 Å². The van der Waals surface area contributed by atoms with Gasteiger partial charge in [-0.15, -0.1) is 0 Å². The highest BCUT2D eigenvalue weighted by Gasteiger charge is 2.19. The van der Waals surface area contributed by atoms with Crippen molar-refractivity contribution in [3.8, 4) is 0 Å². The van der Waals surface area contributed by atoms with E-state index in [1.165, 1.54) is 32.1 Å². The molecule has 2 nitrogen and oxygen atoms in total. The first-order chi connectivity index (χ1) is 9.24. The predicted molar refractivity (Wildman–Crippen MR) is 81.5 cm³/mol. The number of Topliss-reactive ketones (excluding diaryl/α,β-unsaturated/α-hetero) is 1. The van der Waals surface area contributed by atoms with Crippen molar-refractivity contribution in [3.05, 3.63) is 34.4 Å². The number of fused-ring (bicyclic) bond motifs is 1. The molecule has 1 aliphatic carbocycles. The topological polar surface area (TPSA) is 32.9 Å². The van der Waals surface area contributed by atoms with Crippen LogP contribution in [0, 0.1) is 5.92 Å². The van der Waals surface area contributed by atoms with Crippen molar-refractivity contribution >= 4 is 32.6 Å². The molecule has 2 aromatic rings. The second kappa shape index (κ2) is 5.49. The van der Waals surface area contributed by atoms with Crippen LogP contribution in [-0.4, -0.2) is 10.8 Å². The highest BCUT2D eigenvalue weighted by Crippen LogP contribution is 2.29. The van der Waals surface area contributed by atoms with E-state index in [1.54, 1.807) is 0 Å². The standard InChI is InChI=1S/C16H18BrNO/c17-12-6-7-15-13(9-12)14(10-18-15)16(19)8-11-4-2-1-3-5-11/h6-7,9-11,18H,1-5,8H2. The minimum atomic E-state index is 0.288. The highest BCUT2D eigenvalue weighted by atomic mass is 79.9. The Labute approximate surface area is 121 Å². The zero-order valence-electron chi connectivity index (χ0n) is 10.9. The van der Waals surface area contributed by atoms with Gasteiger partial charge in [-0.25, -0.2) is 0 Å². The molecule has 0 spiro atoms. The Morgan fingerprint density at radius 1 is 1.26 bits per heavy atom. The number of halogens is 1. The van der Waals surface area contributed by atoms with E-state index in [0.717, 1.165) is 20.9 Å². The molecule has 1 heterocycles. The number of carbonyl (C=O) groups excluding carboxylic acids is 1. The molecule has 1 aromatic carbocycles. The van der Waals surface area contributed by atoms with Crippen LogP contribution >= 0.6 is 15.9 Å². The van der Waals surface area contributed by atoms with Crippen molar-refractivity contribution in [2.24, 2.45) is 5.92 Å². The molecule has 0 bridgehead atoms. The summed E-state index contributed by atoms with van der Waals surface area (Å²) in [4.78, 5) is 15.7. The number of aromatic nitrogens is 1. The molecule has 0 unspecified atom stereocenters. The summed E-state index contributed by atoms with van der Waals surface area (Å²) in [6.45, 7) is 0. The molecule has 1 saturated carbocycles. The first-order valence-electron chi connectivity index (χ1n) is 7.04. The molecule has 1 fully saturated rings. The number of ketones is 1. The summed E-state index contributed by atoms with van der Waals surface area (Å²) < 4.78 is 1.02. The Balaban J connectivity index is 1.82. The van der Waals surface area contributed by atoms with Crippen LogP contribution in [-0.2, 0) is 0 Å². The third-order valence-corrected chi connectivity index (χ3v) is 4.64. The number of aromatic amines is 1. The van der Waals surface area contributed by atoms with E-state index in [0.29, 0.717) is 12.3 Å². The first kappa shape index (κ1) is 12.9. The summed E-state index contributed by atoms with van der Waals surface area (Å²) in [6, 6.07) is 6.03. The van der Waals surface area contributed by atoms with E-state index in [9.17, 15) is 4.79 Å². The van der Waals surface area contributed by atoms with E-state index in [2.05, 4.69) is 20.9 Å². The van der Waals surface area contributed by atoms with Crippen LogP contribution in [0.3, 0.4) is 0 Å². The Bertz CT molecular complexity index is 596. The minimum absolute atomic E-state index is 0.288. The van der Waals surface area contributed by atoms with Crippen molar-refractivity contribution in [2.75, 3.05) is 0 Å². The van der Waals surface area contributed by atoms with E-state index in [1.807, 2.05) is 24.4 Å². The monoisotopic (exact) mass is 319 g/mol. The van der Waals surface area contributed by atoms with Gasteiger partial charge in [0.1, 0.15) is 0 Å². The molecule has 0 atom stereocenters. The van der Waals surface area contributed by atoms with Gasteiger partial charge in [0.15, 0.2) is 5.78 Å². The molecule has 0 aliphatic heterocycles. The maximum atomic E-state index is 12.5. The molecule has 1 aliphatic rings. The summed E-state index contributed by atoms with van der Waals surface area (Å²) in [7, 11) is 0. The smallest absolute Gasteiger partial charge is 0.165 e. The van der Waals surface area contributed by atoms with Crippen LogP contribution in [0.25, 0.3) is 10.9 Å². The number of benzene rings is 1. The lowest BCUT2D eigenvalue weighted by atomic mass is 9.85. The highest BCUT2D eigenvalue weighted by molar-refractivity contribution is 9.10. The number of hydrogen-bond donors (Lipinski definition) is 1. The summed E-state index contributed by atoms with van der Waals surface area (Å²) in [5.74, 6) is 0.884. The van der Waals surface area contributed by atoms with Crippen molar-refractivity contribution in [1.82, 2.24) is 4.98 Å². The average molecular weight is 320 g/mol. The lowest BCUT2D eigenvalue weighted by Crippen LogP contribution is -2.12. The molecule has 3 rings (SSSR count). The Morgan fingerprint density at radius 3 is 2.84 bits per heavy atom. The van der Waals surface area contributed by atoms with Gasteiger partial charge in [0.05, 0.1) is 0 Å². The third kappa shape index (κ3) is 2.76. The number of rotatable bonds is 3. The van der Waals surface area contributed by atoms with Crippen molar-refractivity contribution in [1.29, 1.82) is 0 Å². The van der Waals surface area contributed by atoms with Crippen LogP contribution in [0.2, 0.25) is 0 Å². The molecule has 0 radical (unpaired) electrons. The van der Waals surface area contributed by atoms with E-state index in [-0.39, 0.29) is 5.78 Å². The Morgan fingerprint density at radius 2 is 2.05 bits per heavy atom. The molecule has 1 aromatic heterocycles. The average Bonchev–Trinajstić information content (AvgIpc) is 2.82. The maximum Gasteiger partial charge on any atom is 0.165 e. The van der Waals surface area contributed by atoms with Crippen LogP contribution in [0.4, 0.5) is 0 Å². The predicted octanol–water partition coefficient (Wildman–Crippen LogP) is 5.08. The van der Waals surface area contributed by atoms with Gasteiger partial charge >= 0.3 is 0 Å². The zero-order chi connectivity index (χ0) is 13.2. The minimum Gasteiger partial charge on any atom is -0.360 e. The molecular weight excluding hydrogens is 302 g/mol. The van der Waals surface area contributed by atoms with Crippen molar-refractivity contribution < 1.29 is 4.79 Å². The summed E-state index contributed by atoms with van der Waals surface area (Å²) >= 11 is 3.47. The molecule has 0 amide bonds. The lowest BCUT2D eigenvalue weighted by molar-refractivity contribution is 0.0952. The third-order valence-electron chi connectivity index (χ3n) is 4.14. The second-order valence-electron chi connectivity index (χ2n) is 5.52. The number of H-pyrrole nitrogens is 1. The zero-order valence-corrected chi connectivity index (χ0v) is 12.5. The van der Waals surface area contributed by atoms with Gasteiger partial charge in [-0.3, -0.25) is 4.79 Å². The van der Waals surface area contributed by atoms with Gasteiger partial charge < -0.3 is 4.98 Å².